The normalized spacial score (nSPS) is 21.3. The molecule has 0 aromatic heterocycles. The number of methoxy groups -OCH3 is 1. The first kappa shape index (κ1) is 23.2. The molecule has 2 heterocycles. The topological polar surface area (TPSA) is 61.9 Å². The third kappa shape index (κ3) is 5.53. The van der Waals surface area contributed by atoms with Crippen molar-refractivity contribution in [2.24, 2.45) is 5.92 Å². The van der Waals surface area contributed by atoms with E-state index in [0.717, 1.165) is 31.6 Å². The van der Waals surface area contributed by atoms with Gasteiger partial charge in [-0.2, -0.15) is 0 Å². The highest BCUT2D eigenvalue weighted by Crippen LogP contribution is 2.40. The van der Waals surface area contributed by atoms with Gasteiger partial charge in [0.15, 0.2) is 0 Å². The van der Waals surface area contributed by atoms with E-state index in [4.69, 9.17) is 4.74 Å². The predicted octanol–water partition coefficient (Wildman–Crippen LogP) is 3.92. The number of hydrogen-bond acceptors (Lipinski definition) is 4. The maximum absolute atomic E-state index is 13.6. The second kappa shape index (κ2) is 10.8. The van der Waals surface area contributed by atoms with Crippen molar-refractivity contribution in [3.05, 3.63) is 59.9 Å². The van der Waals surface area contributed by atoms with Gasteiger partial charge in [-0.1, -0.05) is 12.1 Å². The largest absolute Gasteiger partial charge is 0.497 e. The van der Waals surface area contributed by atoms with Gasteiger partial charge in [-0.05, 0) is 87.3 Å². The van der Waals surface area contributed by atoms with Crippen molar-refractivity contribution in [1.29, 1.82) is 0 Å². The molecule has 2 atom stereocenters. The molecule has 2 amide bonds. The van der Waals surface area contributed by atoms with Gasteiger partial charge < -0.3 is 19.9 Å². The fraction of sp³-hybridized carbons (Fsp3) is 0.462. The molecule has 33 heavy (non-hydrogen) atoms. The minimum Gasteiger partial charge on any atom is -0.497 e. The van der Waals surface area contributed by atoms with E-state index >= 15 is 0 Å². The van der Waals surface area contributed by atoms with Crippen molar-refractivity contribution in [3.8, 4) is 5.75 Å². The fourth-order valence-corrected chi connectivity index (χ4v) is 4.91. The zero-order valence-corrected chi connectivity index (χ0v) is 19.1. The highest BCUT2D eigenvalue weighted by molar-refractivity contribution is 5.97. The number of hydrogen-bond donors (Lipinski definition) is 1. The van der Waals surface area contributed by atoms with E-state index in [0.29, 0.717) is 24.4 Å². The molecule has 2 saturated heterocycles. The summed E-state index contributed by atoms with van der Waals surface area (Å²) in [5.74, 6) is -0.181. The summed E-state index contributed by atoms with van der Waals surface area (Å²) >= 11 is 0. The van der Waals surface area contributed by atoms with Crippen molar-refractivity contribution < 1.29 is 18.7 Å². The SMILES string of the molecule is COc1ccc(N2C(=O)CC[C@H](C(=O)NCCCN3CCCC3)[C@H]2c2ccc(F)cc2)cc1. The lowest BCUT2D eigenvalue weighted by Gasteiger charge is -2.41. The Hall–Kier alpha value is -2.93. The number of amides is 2. The molecule has 0 bridgehead atoms. The number of benzene rings is 2. The first-order valence-corrected chi connectivity index (χ1v) is 11.8. The quantitative estimate of drug-likeness (QED) is 0.616. The number of nitrogens with zero attached hydrogens (tertiary/aromatic N) is 2. The fourth-order valence-electron chi connectivity index (χ4n) is 4.91. The van der Waals surface area contributed by atoms with Gasteiger partial charge in [0.05, 0.1) is 19.1 Å². The molecule has 2 aliphatic rings. The summed E-state index contributed by atoms with van der Waals surface area (Å²) in [7, 11) is 1.59. The Morgan fingerprint density at radius 1 is 1.09 bits per heavy atom. The van der Waals surface area contributed by atoms with Crippen LogP contribution in [0.4, 0.5) is 10.1 Å². The second-order valence-electron chi connectivity index (χ2n) is 8.80. The lowest BCUT2D eigenvalue weighted by molar-refractivity contribution is -0.129. The molecule has 0 aliphatic carbocycles. The van der Waals surface area contributed by atoms with Crippen LogP contribution in [-0.4, -0.2) is 50.0 Å². The number of halogens is 1. The van der Waals surface area contributed by atoms with Gasteiger partial charge in [0.25, 0.3) is 0 Å². The molecule has 7 heteroatoms. The van der Waals surface area contributed by atoms with Crippen LogP contribution in [-0.2, 0) is 9.59 Å². The van der Waals surface area contributed by atoms with Gasteiger partial charge in [0.1, 0.15) is 11.6 Å². The van der Waals surface area contributed by atoms with Crippen LogP contribution >= 0.6 is 0 Å². The van der Waals surface area contributed by atoms with Gasteiger partial charge in [-0.25, -0.2) is 4.39 Å². The first-order valence-electron chi connectivity index (χ1n) is 11.8. The van der Waals surface area contributed by atoms with Crippen LogP contribution in [0.1, 0.15) is 43.7 Å². The van der Waals surface area contributed by atoms with Crippen LogP contribution in [0.25, 0.3) is 0 Å². The maximum Gasteiger partial charge on any atom is 0.227 e. The standard InChI is InChI=1S/C26H32FN3O3/c1-33-22-11-9-21(10-12-22)30-24(31)14-13-23(25(30)19-5-7-20(27)8-6-19)26(32)28-15-4-18-29-16-2-3-17-29/h5-12,23,25H,2-4,13-18H2,1H3,(H,28,32)/t23-,25+/m0/s1. The number of carbonyl (C=O) groups is 2. The van der Waals surface area contributed by atoms with Gasteiger partial charge in [0, 0.05) is 18.7 Å². The molecule has 2 aromatic carbocycles. The van der Waals surface area contributed by atoms with E-state index in [1.54, 1.807) is 36.3 Å². The summed E-state index contributed by atoms with van der Waals surface area (Å²) in [6.07, 6.45) is 4.16. The van der Waals surface area contributed by atoms with Gasteiger partial charge in [-0.3, -0.25) is 9.59 Å². The lowest BCUT2D eigenvalue weighted by atomic mass is 9.83. The summed E-state index contributed by atoms with van der Waals surface area (Å²) in [4.78, 5) is 30.4. The number of carbonyl (C=O) groups excluding carboxylic acids is 2. The van der Waals surface area contributed by atoms with E-state index in [-0.39, 0.29) is 24.1 Å². The molecule has 2 aliphatic heterocycles. The Morgan fingerprint density at radius 3 is 2.45 bits per heavy atom. The monoisotopic (exact) mass is 453 g/mol. The molecule has 2 aromatic rings. The van der Waals surface area contributed by atoms with Crippen LogP contribution < -0.4 is 15.0 Å². The van der Waals surface area contributed by atoms with Crippen LogP contribution in [0.2, 0.25) is 0 Å². The van der Waals surface area contributed by atoms with Crippen molar-refractivity contribution >= 4 is 17.5 Å². The molecule has 0 spiro atoms. The van der Waals surface area contributed by atoms with E-state index in [2.05, 4.69) is 10.2 Å². The molecule has 0 unspecified atom stereocenters. The van der Waals surface area contributed by atoms with E-state index in [9.17, 15) is 14.0 Å². The summed E-state index contributed by atoms with van der Waals surface area (Å²) in [5, 5.41) is 3.09. The predicted molar refractivity (Wildman–Crippen MR) is 126 cm³/mol. The minimum absolute atomic E-state index is 0.0485. The number of nitrogens with one attached hydrogen (secondary N) is 1. The molecule has 4 rings (SSSR count). The molecular formula is C26H32FN3O3. The number of rotatable bonds is 8. The molecule has 0 radical (unpaired) electrons. The van der Waals surface area contributed by atoms with Crippen LogP contribution in [0.3, 0.4) is 0 Å². The average molecular weight is 454 g/mol. The zero-order valence-electron chi connectivity index (χ0n) is 19.1. The van der Waals surface area contributed by atoms with Crippen molar-refractivity contribution in [1.82, 2.24) is 10.2 Å². The summed E-state index contributed by atoms with van der Waals surface area (Å²) < 4.78 is 18.9. The number of likely N-dealkylation sites (tertiary alicyclic amines) is 1. The summed E-state index contributed by atoms with van der Waals surface area (Å²) in [5.41, 5.74) is 1.44. The lowest BCUT2D eigenvalue weighted by Crippen LogP contribution is -2.48. The highest BCUT2D eigenvalue weighted by Gasteiger charge is 2.41. The van der Waals surface area contributed by atoms with Crippen LogP contribution in [0.5, 0.6) is 5.75 Å². The van der Waals surface area contributed by atoms with Crippen LogP contribution in [0, 0.1) is 11.7 Å². The minimum atomic E-state index is -0.501. The second-order valence-corrected chi connectivity index (χ2v) is 8.80. The Balaban J connectivity index is 1.54. The Bertz CT molecular complexity index is 942. The van der Waals surface area contributed by atoms with Crippen molar-refractivity contribution in [2.75, 3.05) is 38.2 Å². The zero-order chi connectivity index (χ0) is 23.2. The summed E-state index contributed by atoms with van der Waals surface area (Å²) in [6, 6.07) is 12.8. The third-order valence-corrected chi connectivity index (χ3v) is 6.65. The Morgan fingerprint density at radius 2 is 1.79 bits per heavy atom. The Kier molecular flexibility index (Phi) is 7.60. The molecule has 6 nitrogen and oxygen atoms in total. The first-order chi connectivity index (χ1) is 16.1. The highest BCUT2D eigenvalue weighted by atomic mass is 19.1. The molecule has 0 saturated carbocycles. The van der Waals surface area contributed by atoms with E-state index in [1.807, 2.05) is 12.1 Å². The molecule has 1 N–H and O–H groups in total. The van der Waals surface area contributed by atoms with Crippen molar-refractivity contribution in [2.45, 2.75) is 38.1 Å². The van der Waals surface area contributed by atoms with Gasteiger partial charge in [0.2, 0.25) is 11.8 Å². The van der Waals surface area contributed by atoms with Gasteiger partial charge in [-0.15, -0.1) is 0 Å². The number of ether oxygens (including phenoxy) is 1. The smallest absolute Gasteiger partial charge is 0.227 e. The molecular weight excluding hydrogens is 421 g/mol. The Labute approximate surface area is 194 Å². The van der Waals surface area contributed by atoms with Crippen molar-refractivity contribution in [3.63, 3.8) is 0 Å². The van der Waals surface area contributed by atoms with Gasteiger partial charge >= 0.3 is 0 Å². The maximum atomic E-state index is 13.6. The average Bonchev–Trinajstić information content (AvgIpc) is 3.36. The van der Waals surface area contributed by atoms with E-state index in [1.165, 1.54) is 25.0 Å². The molecule has 2 fully saturated rings. The summed E-state index contributed by atoms with van der Waals surface area (Å²) in [6.45, 7) is 3.88. The number of anilines is 1. The number of piperidine rings is 1. The van der Waals surface area contributed by atoms with E-state index < -0.39 is 12.0 Å². The third-order valence-electron chi connectivity index (χ3n) is 6.65. The van der Waals surface area contributed by atoms with Crippen LogP contribution in [0.15, 0.2) is 48.5 Å². The molecule has 176 valence electrons.